The first-order valence-electron chi connectivity index (χ1n) is 15.9. The Morgan fingerprint density at radius 1 is 0.913 bits per heavy atom. The second-order valence-corrected chi connectivity index (χ2v) is 12.4. The molecule has 12 heteroatoms. The van der Waals surface area contributed by atoms with E-state index in [0.29, 0.717) is 18.4 Å². The molecule has 2 aromatic carbocycles. The number of likely N-dealkylation sites (tertiary alicyclic amines) is 1. The molecule has 3 aromatic heterocycles. The van der Waals surface area contributed by atoms with Gasteiger partial charge in [-0.3, -0.25) is 14.8 Å². The summed E-state index contributed by atoms with van der Waals surface area (Å²) in [7, 11) is 0. The van der Waals surface area contributed by atoms with Crippen molar-refractivity contribution in [1.29, 1.82) is 0 Å². The van der Waals surface area contributed by atoms with E-state index in [1.807, 2.05) is 50.4 Å². The van der Waals surface area contributed by atoms with Crippen LogP contribution in [0.1, 0.15) is 63.3 Å². The highest BCUT2D eigenvalue weighted by atomic mass is 16.4. The largest absolute Gasteiger partial charge is 0.465 e. The van der Waals surface area contributed by atoms with Gasteiger partial charge in [0.05, 0.1) is 52.6 Å². The van der Waals surface area contributed by atoms with Crippen molar-refractivity contribution in [2.75, 3.05) is 13.1 Å². The number of hydrogen-bond acceptors (Lipinski definition) is 7. The molecule has 2 saturated heterocycles. The number of carbonyl (C=O) groups is 2. The lowest BCUT2D eigenvalue weighted by Crippen LogP contribution is -2.50. The molecule has 2 fully saturated rings. The average molecular weight is 620 g/mol. The minimum atomic E-state index is -1.20. The molecule has 0 saturated carbocycles. The number of H-pyrrole nitrogens is 2. The van der Waals surface area contributed by atoms with E-state index in [9.17, 15) is 14.7 Å². The number of benzene rings is 2. The quantitative estimate of drug-likeness (QED) is 0.153. The Labute approximate surface area is 266 Å². The molecule has 0 aliphatic carbocycles. The van der Waals surface area contributed by atoms with Gasteiger partial charge >= 0.3 is 6.09 Å². The highest BCUT2D eigenvalue weighted by molar-refractivity contribution is 5.86. The summed E-state index contributed by atoms with van der Waals surface area (Å²) in [6.07, 6.45) is 8.16. The lowest BCUT2D eigenvalue weighted by Gasteiger charge is -2.29. The van der Waals surface area contributed by atoms with Gasteiger partial charge in [0.15, 0.2) is 0 Å². The number of aromatic nitrogens is 6. The zero-order valence-corrected chi connectivity index (χ0v) is 25.8. The topological polar surface area (TPSA) is 165 Å². The van der Waals surface area contributed by atoms with Gasteiger partial charge in [-0.1, -0.05) is 44.2 Å². The first-order valence-corrected chi connectivity index (χ1v) is 15.9. The maximum atomic E-state index is 13.4. The van der Waals surface area contributed by atoms with Crippen molar-refractivity contribution in [3.63, 3.8) is 0 Å². The van der Waals surface area contributed by atoms with Crippen LogP contribution in [0, 0.1) is 5.92 Å². The van der Waals surface area contributed by atoms with E-state index in [-0.39, 0.29) is 17.9 Å². The lowest BCUT2D eigenvalue weighted by molar-refractivity contribution is -0.135. The van der Waals surface area contributed by atoms with Crippen molar-refractivity contribution in [2.45, 2.75) is 57.7 Å². The molecule has 3 atom stereocenters. The molecular weight excluding hydrogens is 582 g/mol. The number of fused-ring (bicyclic) bond motifs is 1. The van der Waals surface area contributed by atoms with Gasteiger partial charge in [-0.2, -0.15) is 0 Å². The Kier molecular flexibility index (Phi) is 7.95. The average Bonchev–Trinajstić information content (AvgIpc) is 3.89. The van der Waals surface area contributed by atoms with Crippen LogP contribution in [0.2, 0.25) is 0 Å². The van der Waals surface area contributed by atoms with Crippen LogP contribution in [0.25, 0.3) is 44.8 Å². The lowest BCUT2D eigenvalue weighted by atomic mass is 10.0. The molecule has 0 unspecified atom stereocenters. The number of carbonyl (C=O) groups excluding carboxylic acids is 1. The molecule has 46 heavy (non-hydrogen) atoms. The third kappa shape index (κ3) is 5.83. The normalized spacial score (nSPS) is 18.8. The van der Waals surface area contributed by atoms with Crippen molar-refractivity contribution in [3.05, 3.63) is 72.7 Å². The fraction of sp³-hybridized carbons (Fsp3) is 0.353. The summed E-state index contributed by atoms with van der Waals surface area (Å²) in [4.78, 5) is 52.2. The van der Waals surface area contributed by atoms with E-state index >= 15 is 0 Å². The fourth-order valence-corrected chi connectivity index (χ4v) is 6.50. The number of nitrogens with one attached hydrogen (secondary N) is 4. The van der Waals surface area contributed by atoms with Gasteiger partial charge in [0, 0.05) is 29.4 Å². The number of imidazole rings is 2. The Balaban J connectivity index is 1.06. The van der Waals surface area contributed by atoms with Crippen molar-refractivity contribution in [1.82, 2.24) is 45.4 Å². The summed E-state index contributed by atoms with van der Waals surface area (Å²) >= 11 is 0. The van der Waals surface area contributed by atoms with E-state index in [1.54, 1.807) is 17.3 Å². The molecule has 236 valence electrons. The smallest absolute Gasteiger partial charge is 0.405 e. The van der Waals surface area contributed by atoms with Gasteiger partial charge in [-0.05, 0) is 50.3 Å². The Morgan fingerprint density at radius 3 is 2.30 bits per heavy atom. The van der Waals surface area contributed by atoms with Crippen LogP contribution in [0.15, 0.2) is 61.1 Å². The highest BCUT2D eigenvalue weighted by Gasteiger charge is 2.37. The summed E-state index contributed by atoms with van der Waals surface area (Å²) in [5.41, 5.74) is 6.96. The number of aromatic amines is 2. The predicted molar refractivity (Wildman–Crippen MR) is 174 cm³/mol. The van der Waals surface area contributed by atoms with Crippen LogP contribution in [0.5, 0.6) is 0 Å². The monoisotopic (exact) mass is 619 g/mol. The molecule has 5 heterocycles. The highest BCUT2D eigenvalue weighted by Crippen LogP contribution is 2.34. The second-order valence-electron chi connectivity index (χ2n) is 12.4. The molecule has 2 aliphatic rings. The molecule has 0 bridgehead atoms. The molecular formula is C34H37N9O3. The third-order valence-electron chi connectivity index (χ3n) is 8.98. The van der Waals surface area contributed by atoms with Gasteiger partial charge in [-0.25, -0.2) is 14.8 Å². The molecule has 0 spiro atoms. The summed E-state index contributed by atoms with van der Waals surface area (Å²) in [6.45, 7) is 5.27. The number of nitrogens with zero attached hydrogens (tertiary/aromatic N) is 5. The van der Waals surface area contributed by atoms with Crippen LogP contribution in [-0.2, 0) is 4.79 Å². The number of amides is 2. The van der Waals surface area contributed by atoms with Crippen LogP contribution < -0.4 is 10.6 Å². The first kappa shape index (κ1) is 29.6. The van der Waals surface area contributed by atoms with Gasteiger partial charge < -0.3 is 30.6 Å². The molecule has 7 rings (SSSR count). The van der Waals surface area contributed by atoms with Gasteiger partial charge in [-0.15, -0.1) is 0 Å². The molecule has 5 N–H and O–H groups in total. The van der Waals surface area contributed by atoms with E-state index in [2.05, 4.69) is 32.7 Å². The molecule has 2 amide bonds. The summed E-state index contributed by atoms with van der Waals surface area (Å²) in [5, 5.41) is 15.1. The maximum Gasteiger partial charge on any atom is 0.405 e. The summed E-state index contributed by atoms with van der Waals surface area (Å²) in [5.74, 6) is 1.28. The van der Waals surface area contributed by atoms with E-state index < -0.39 is 12.1 Å². The van der Waals surface area contributed by atoms with Crippen molar-refractivity contribution in [3.8, 4) is 33.8 Å². The minimum Gasteiger partial charge on any atom is -0.465 e. The SMILES string of the molecule is CC(C)[C@H](NC(=O)O)C(=O)N1CCC[C@H]1c1nc2cc(-c3cnc(-c4ccc(-c5c[nH]c([C@@H]6CCCN6)n5)cc4)cn3)ccc2[nH]1. The molecule has 12 nitrogen and oxygen atoms in total. The Bertz CT molecular complexity index is 1860. The number of carboxylic acid groups (broad SMARTS) is 1. The Hall–Kier alpha value is -5.10. The predicted octanol–water partition coefficient (Wildman–Crippen LogP) is 5.46. The third-order valence-corrected chi connectivity index (χ3v) is 8.98. The van der Waals surface area contributed by atoms with Crippen LogP contribution in [-0.4, -0.2) is 71.0 Å². The van der Waals surface area contributed by atoms with Crippen LogP contribution in [0.4, 0.5) is 4.79 Å². The van der Waals surface area contributed by atoms with Gasteiger partial charge in [0.2, 0.25) is 5.91 Å². The van der Waals surface area contributed by atoms with Crippen LogP contribution >= 0.6 is 0 Å². The maximum absolute atomic E-state index is 13.4. The number of rotatable bonds is 8. The summed E-state index contributed by atoms with van der Waals surface area (Å²) < 4.78 is 0. The summed E-state index contributed by atoms with van der Waals surface area (Å²) in [6, 6.07) is 13.3. The Morgan fingerprint density at radius 2 is 1.63 bits per heavy atom. The van der Waals surface area contributed by atoms with Crippen molar-refractivity contribution < 1.29 is 14.7 Å². The second kappa shape index (κ2) is 12.4. The van der Waals surface area contributed by atoms with Gasteiger partial charge in [0.1, 0.15) is 17.7 Å². The minimum absolute atomic E-state index is 0.177. The zero-order valence-electron chi connectivity index (χ0n) is 25.8. The van der Waals surface area contributed by atoms with E-state index in [4.69, 9.17) is 19.9 Å². The van der Waals surface area contributed by atoms with E-state index in [0.717, 1.165) is 76.4 Å². The fourth-order valence-electron chi connectivity index (χ4n) is 6.50. The van der Waals surface area contributed by atoms with Crippen LogP contribution in [0.3, 0.4) is 0 Å². The number of hydrogen-bond donors (Lipinski definition) is 5. The standard InChI is InChI=1S/C34H37N9O3/c1-19(2)30(42-34(45)46)33(44)43-14-4-6-29(43)32-39-23-12-11-22(15-25(23)40-32)27-17-36-26(16-37-27)20-7-9-21(10-8-20)28-18-38-31(41-28)24-5-3-13-35-24/h7-12,15-19,24,29-30,35,42H,3-6,13-14H2,1-2H3,(H,38,41)(H,39,40)(H,45,46)/t24-,29-,30-/m0/s1. The van der Waals surface area contributed by atoms with Gasteiger partial charge in [0.25, 0.3) is 0 Å². The zero-order chi connectivity index (χ0) is 31.8. The molecule has 5 aromatic rings. The first-order chi connectivity index (χ1) is 22.3. The molecule has 0 radical (unpaired) electrons. The van der Waals surface area contributed by atoms with E-state index in [1.165, 1.54) is 6.42 Å². The molecule has 2 aliphatic heterocycles. The van der Waals surface area contributed by atoms with Crippen molar-refractivity contribution >= 4 is 23.0 Å². The van der Waals surface area contributed by atoms with Crippen molar-refractivity contribution in [2.24, 2.45) is 5.92 Å².